The molecule has 1 fully saturated rings. The number of thioether (sulfide) groups is 1. The molecule has 13 heavy (non-hydrogen) atoms. The molecule has 0 aromatic carbocycles. The molecule has 2 aliphatic rings. The van der Waals surface area contributed by atoms with E-state index in [2.05, 4.69) is 0 Å². The number of hydrogen-bond acceptors (Lipinski definition) is 3. The van der Waals surface area contributed by atoms with Crippen molar-refractivity contribution in [3.8, 4) is 0 Å². The summed E-state index contributed by atoms with van der Waals surface area (Å²) >= 11 is 1.76. The first-order chi connectivity index (χ1) is 6.17. The fourth-order valence-corrected chi connectivity index (χ4v) is 2.21. The SMILES string of the molecule is CSC1(CN2C(=O)C=CC2=O)CC1. The fourth-order valence-electron chi connectivity index (χ4n) is 1.44. The highest BCUT2D eigenvalue weighted by Crippen LogP contribution is 2.47. The first-order valence-corrected chi connectivity index (χ1v) is 5.48. The molecular weight excluding hydrogens is 186 g/mol. The number of nitrogens with zero attached hydrogens (tertiary/aromatic N) is 1. The lowest BCUT2D eigenvalue weighted by Crippen LogP contribution is -2.36. The highest BCUT2D eigenvalue weighted by Gasteiger charge is 2.45. The van der Waals surface area contributed by atoms with Crippen molar-refractivity contribution in [1.82, 2.24) is 4.90 Å². The molecule has 0 aromatic rings. The summed E-state index contributed by atoms with van der Waals surface area (Å²) in [5.74, 6) is -0.323. The zero-order valence-corrected chi connectivity index (χ0v) is 8.26. The summed E-state index contributed by atoms with van der Waals surface area (Å²) in [5.41, 5.74) is 0. The molecule has 0 saturated heterocycles. The summed E-state index contributed by atoms with van der Waals surface area (Å²) in [4.78, 5) is 23.8. The van der Waals surface area contributed by atoms with Crippen molar-refractivity contribution in [2.75, 3.05) is 12.8 Å². The Labute approximate surface area is 81.2 Å². The minimum absolute atomic E-state index is 0.162. The Hall–Kier alpha value is -0.770. The molecule has 3 nitrogen and oxygen atoms in total. The van der Waals surface area contributed by atoms with Crippen LogP contribution >= 0.6 is 11.8 Å². The van der Waals surface area contributed by atoms with Crippen molar-refractivity contribution in [2.45, 2.75) is 17.6 Å². The van der Waals surface area contributed by atoms with Gasteiger partial charge in [-0.25, -0.2) is 0 Å². The lowest BCUT2D eigenvalue weighted by molar-refractivity contribution is -0.136. The molecule has 1 aliphatic heterocycles. The van der Waals surface area contributed by atoms with E-state index in [0.29, 0.717) is 6.54 Å². The normalized spacial score (nSPS) is 24.2. The van der Waals surface area contributed by atoms with E-state index < -0.39 is 0 Å². The smallest absolute Gasteiger partial charge is 0.253 e. The van der Waals surface area contributed by atoms with Crippen LogP contribution < -0.4 is 0 Å². The third-order valence-electron chi connectivity index (χ3n) is 2.59. The van der Waals surface area contributed by atoms with Crippen LogP contribution in [-0.2, 0) is 9.59 Å². The summed E-state index contributed by atoms with van der Waals surface area (Å²) in [6.45, 7) is 0.582. The number of carbonyl (C=O) groups excluding carboxylic acids is 2. The van der Waals surface area contributed by atoms with Crippen molar-refractivity contribution in [1.29, 1.82) is 0 Å². The molecule has 70 valence electrons. The van der Waals surface area contributed by atoms with E-state index in [1.807, 2.05) is 6.26 Å². The van der Waals surface area contributed by atoms with E-state index in [9.17, 15) is 9.59 Å². The minimum atomic E-state index is -0.162. The summed E-state index contributed by atoms with van der Waals surface area (Å²) in [5, 5.41) is 0. The molecule has 0 spiro atoms. The first-order valence-electron chi connectivity index (χ1n) is 4.26. The van der Waals surface area contributed by atoms with Gasteiger partial charge in [0.05, 0.1) is 0 Å². The van der Waals surface area contributed by atoms with Gasteiger partial charge in [0.25, 0.3) is 11.8 Å². The monoisotopic (exact) mass is 197 g/mol. The van der Waals surface area contributed by atoms with Crippen LogP contribution in [0.2, 0.25) is 0 Å². The Balaban J connectivity index is 2.03. The van der Waals surface area contributed by atoms with Crippen molar-refractivity contribution >= 4 is 23.6 Å². The average Bonchev–Trinajstić information content (AvgIpc) is 2.84. The average molecular weight is 197 g/mol. The Morgan fingerprint density at radius 1 is 1.38 bits per heavy atom. The van der Waals surface area contributed by atoms with Gasteiger partial charge in [-0.2, -0.15) is 11.8 Å². The van der Waals surface area contributed by atoms with E-state index in [1.54, 1.807) is 11.8 Å². The maximum Gasteiger partial charge on any atom is 0.253 e. The van der Waals surface area contributed by atoms with Gasteiger partial charge < -0.3 is 0 Å². The highest BCUT2D eigenvalue weighted by molar-refractivity contribution is 8.00. The number of imide groups is 1. The predicted molar refractivity (Wildman–Crippen MR) is 51.3 cm³/mol. The predicted octanol–water partition coefficient (Wildman–Crippen LogP) is 0.807. The standard InChI is InChI=1S/C9H11NO2S/c1-13-9(4-5-9)6-10-7(11)2-3-8(10)12/h2-3H,4-6H2,1H3. The van der Waals surface area contributed by atoms with Gasteiger partial charge in [-0.15, -0.1) is 0 Å². The molecule has 2 amide bonds. The summed E-state index contributed by atoms with van der Waals surface area (Å²) < 4.78 is 0.178. The Bertz CT molecular complexity index is 276. The van der Waals surface area contributed by atoms with Gasteiger partial charge in [-0.1, -0.05) is 0 Å². The Morgan fingerprint density at radius 2 is 1.92 bits per heavy atom. The summed E-state index contributed by atoms with van der Waals surface area (Å²) in [6.07, 6.45) is 6.96. The molecule has 0 aromatic heterocycles. The van der Waals surface area contributed by atoms with E-state index in [1.165, 1.54) is 17.1 Å². The highest BCUT2D eigenvalue weighted by atomic mass is 32.2. The molecule has 0 unspecified atom stereocenters. The van der Waals surface area contributed by atoms with E-state index >= 15 is 0 Å². The number of carbonyl (C=O) groups is 2. The third kappa shape index (κ3) is 1.50. The molecule has 4 heteroatoms. The van der Waals surface area contributed by atoms with Crippen LogP contribution in [0, 0.1) is 0 Å². The number of amides is 2. The van der Waals surface area contributed by atoms with Crippen LogP contribution in [0.15, 0.2) is 12.2 Å². The first kappa shape index (κ1) is 8.81. The van der Waals surface area contributed by atoms with E-state index in [-0.39, 0.29) is 16.6 Å². The molecule has 1 heterocycles. The van der Waals surface area contributed by atoms with E-state index in [4.69, 9.17) is 0 Å². The molecule has 0 N–H and O–H groups in total. The van der Waals surface area contributed by atoms with E-state index in [0.717, 1.165) is 12.8 Å². The molecule has 0 atom stereocenters. The van der Waals surface area contributed by atoms with Crippen LogP contribution in [0.5, 0.6) is 0 Å². The largest absolute Gasteiger partial charge is 0.274 e. The van der Waals surface area contributed by atoms with Crippen LogP contribution in [-0.4, -0.2) is 34.3 Å². The molecule has 0 radical (unpaired) electrons. The van der Waals surface area contributed by atoms with Gasteiger partial charge in [0.1, 0.15) is 0 Å². The topological polar surface area (TPSA) is 37.4 Å². The van der Waals surface area contributed by atoms with Crippen molar-refractivity contribution in [3.63, 3.8) is 0 Å². The lowest BCUT2D eigenvalue weighted by atomic mass is 10.3. The summed E-state index contributed by atoms with van der Waals surface area (Å²) in [6, 6.07) is 0. The van der Waals surface area contributed by atoms with Gasteiger partial charge >= 0.3 is 0 Å². The quantitative estimate of drug-likeness (QED) is 0.628. The maximum absolute atomic E-state index is 11.2. The van der Waals surface area contributed by atoms with Gasteiger partial charge in [0.15, 0.2) is 0 Å². The number of hydrogen-bond donors (Lipinski definition) is 0. The molecule has 0 bridgehead atoms. The van der Waals surface area contributed by atoms with Crippen molar-refractivity contribution in [2.24, 2.45) is 0 Å². The zero-order valence-electron chi connectivity index (χ0n) is 7.45. The fraction of sp³-hybridized carbons (Fsp3) is 0.556. The molecular formula is C9H11NO2S. The van der Waals surface area contributed by atoms with Crippen LogP contribution in [0.3, 0.4) is 0 Å². The summed E-state index contributed by atoms with van der Waals surface area (Å²) in [7, 11) is 0. The number of rotatable bonds is 3. The second-order valence-electron chi connectivity index (χ2n) is 3.48. The van der Waals surface area contributed by atoms with Gasteiger partial charge in [-0.3, -0.25) is 14.5 Å². The Morgan fingerprint density at radius 3 is 2.31 bits per heavy atom. The maximum atomic E-state index is 11.2. The van der Waals surface area contributed by atoms with Gasteiger partial charge in [-0.05, 0) is 19.1 Å². The second kappa shape index (κ2) is 2.87. The van der Waals surface area contributed by atoms with Crippen LogP contribution in [0.1, 0.15) is 12.8 Å². The Kier molecular flexibility index (Phi) is 1.95. The van der Waals surface area contributed by atoms with Crippen LogP contribution in [0.25, 0.3) is 0 Å². The molecule has 1 saturated carbocycles. The van der Waals surface area contributed by atoms with Crippen molar-refractivity contribution in [3.05, 3.63) is 12.2 Å². The lowest BCUT2D eigenvalue weighted by Gasteiger charge is -2.19. The minimum Gasteiger partial charge on any atom is -0.274 e. The van der Waals surface area contributed by atoms with Crippen molar-refractivity contribution < 1.29 is 9.59 Å². The third-order valence-corrected chi connectivity index (χ3v) is 3.99. The molecule has 1 aliphatic carbocycles. The molecule has 2 rings (SSSR count). The zero-order chi connectivity index (χ0) is 9.47. The van der Waals surface area contributed by atoms with Crippen LogP contribution in [0.4, 0.5) is 0 Å². The van der Waals surface area contributed by atoms with Gasteiger partial charge in [0, 0.05) is 23.4 Å². The van der Waals surface area contributed by atoms with Gasteiger partial charge in [0.2, 0.25) is 0 Å². The second-order valence-corrected chi connectivity index (χ2v) is 4.76.